The topological polar surface area (TPSA) is 71.5 Å². The van der Waals surface area contributed by atoms with E-state index < -0.39 is 6.10 Å². The quantitative estimate of drug-likeness (QED) is 0.856. The first-order valence-electron chi connectivity index (χ1n) is 6.61. The van der Waals surface area contributed by atoms with E-state index >= 15 is 0 Å². The van der Waals surface area contributed by atoms with Crippen molar-refractivity contribution in [2.75, 3.05) is 20.3 Å². The van der Waals surface area contributed by atoms with Gasteiger partial charge in [-0.3, -0.25) is 4.79 Å². The summed E-state index contributed by atoms with van der Waals surface area (Å²) in [5.74, 6) is -0.276. The van der Waals surface area contributed by atoms with Crippen LogP contribution in [0.5, 0.6) is 0 Å². The number of fused-ring (bicyclic) bond motifs is 1. The van der Waals surface area contributed by atoms with Crippen LogP contribution in [-0.2, 0) is 4.74 Å². The molecule has 2 rings (SSSR count). The number of pyridine rings is 1. The van der Waals surface area contributed by atoms with Gasteiger partial charge in [-0.05, 0) is 24.6 Å². The van der Waals surface area contributed by atoms with Gasteiger partial charge in [-0.25, -0.2) is 4.98 Å². The van der Waals surface area contributed by atoms with Crippen molar-refractivity contribution in [2.24, 2.45) is 0 Å². The summed E-state index contributed by atoms with van der Waals surface area (Å²) in [5.41, 5.74) is 1.00. The summed E-state index contributed by atoms with van der Waals surface area (Å²) in [6.07, 6.45) is -0.155. The number of rotatable bonds is 6. The number of nitrogens with one attached hydrogen (secondary N) is 1. The van der Waals surface area contributed by atoms with Gasteiger partial charge in [-0.15, -0.1) is 0 Å². The highest BCUT2D eigenvalue weighted by Gasteiger charge is 2.09. The average Bonchev–Trinajstić information content (AvgIpc) is 2.46. The fraction of sp³-hybridized carbons (Fsp3) is 0.333. The first-order chi connectivity index (χ1) is 10.1. The van der Waals surface area contributed by atoms with Crippen molar-refractivity contribution < 1.29 is 14.6 Å². The molecule has 0 bridgehead atoms. The number of benzene rings is 1. The molecule has 1 aromatic carbocycles. The Kier molecular flexibility index (Phi) is 5.50. The van der Waals surface area contributed by atoms with Crippen LogP contribution in [-0.4, -0.2) is 42.4 Å². The fourth-order valence-corrected chi connectivity index (χ4v) is 2.10. The standard InChI is InChI=1S/C15H17ClN2O3/c1-21-9-12(19)6-7-17-15(20)13-5-3-10-2-4-11(16)8-14(10)18-13/h2-5,8,12,19H,6-7,9H2,1H3,(H,17,20). The molecule has 0 aliphatic carbocycles. The van der Waals surface area contributed by atoms with Gasteiger partial charge in [0.05, 0.1) is 18.2 Å². The van der Waals surface area contributed by atoms with Crippen molar-refractivity contribution in [3.63, 3.8) is 0 Å². The number of nitrogens with zero attached hydrogens (tertiary/aromatic N) is 1. The summed E-state index contributed by atoms with van der Waals surface area (Å²) in [4.78, 5) is 16.3. The predicted molar refractivity (Wildman–Crippen MR) is 81.6 cm³/mol. The molecule has 2 N–H and O–H groups in total. The highest BCUT2D eigenvalue weighted by atomic mass is 35.5. The summed E-state index contributed by atoms with van der Waals surface area (Å²) in [6.45, 7) is 0.612. The van der Waals surface area contributed by atoms with Crippen LogP contribution in [0.15, 0.2) is 30.3 Å². The number of halogens is 1. The first-order valence-corrected chi connectivity index (χ1v) is 6.99. The largest absolute Gasteiger partial charge is 0.391 e. The van der Waals surface area contributed by atoms with Crippen molar-refractivity contribution in [1.82, 2.24) is 10.3 Å². The second kappa shape index (κ2) is 7.36. The average molecular weight is 309 g/mol. The van der Waals surface area contributed by atoms with Crippen LogP contribution in [0.4, 0.5) is 0 Å². The molecule has 112 valence electrons. The second-order valence-electron chi connectivity index (χ2n) is 4.69. The number of carbonyl (C=O) groups excluding carboxylic acids is 1. The molecule has 0 radical (unpaired) electrons. The molecule has 1 aromatic heterocycles. The van der Waals surface area contributed by atoms with Crippen molar-refractivity contribution >= 4 is 28.4 Å². The van der Waals surface area contributed by atoms with E-state index in [-0.39, 0.29) is 12.5 Å². The molecule has 1 amide bonds. The molecule has 0 saturated carbocycles. The van der Waals surface area contributed by atoms with Gasteiger partial charge in [0.1, 0.15) is 5.69 Å². The minimum Gasteiger partial charge on any atom is -0.391 e. The lowest BCUT2D eigenvalue weighted by Gasteiger charge is -2.10. The maximum absolute atomic E-state index is 12.0. The number of amides is 1. The molecule has 1 atom stereocenters. The van der Waals surface area contributed by atoms with Gasteiger partial charge in [0.2, 0.25) is 0 Å². The molecule has 6 heteroatoms. The number of aromatic nitrogens is 1. The lowest BCUT2D eigenvalue weighted by Crippen LogP contribution is -2.29. The Morgan fingerprint density at radius 2 is 2.19 bits per heavy atom. The molecular formula is C15H17ClN2O3. The first kappa shape index (κ1) is 15.7. The van der Waals surface area contributed by atoms with Gasteiger partial charge in [0.15, 0.2) is 0 Å². The van der Waals surface area contributed by atoms with Crippen LogP contribution >= 0.6 is 11.6 Å². The van der Waals surface area contributed by atoms with E-state index in [4.69, 9.17) is 16.3 Å². The predicted octanol–water partition coefficient (Wildman–Crippen LogP) is 2.02. The third kappa shape index (κ3) is 4.39. The van der Waals surface area contributed by atoms with Crippen LogP contribution in [0.1, 0.15) is 16.9 Å². The molecule has 0 aliphatic heterocycles. The number of methoxy groups -OCH3 is 1. The maximum Gasteiger partial charge on any atom is 0.269 e. The molecule has 0 spiro atoms. The zero-order chi connectivity index (χ0) is 15.2. The third-order valence-corrected chi connectivity index (χ3v) is 3.24. The Hall–Kier alpha value is -1.69. The van der Waals surface area contributed by atoms with Crippen LogP contribution < -0.4 is 5.32 Å². The summed E-state index contributed by atoms with van der Waals surface area (Å²) < 4.78 is 4.82. The van der Waals surface area contributed by atoms with E-state index in [9.17, 15) is 9.90 Å². The number of hydrogen-bond donors (Lipinski definition) is 2. The monoisotopic (exact) mass is 308 g/mol. The smallest absolute Gasteiger partial charge is 0.269 e. The number of hydrogen-bond acceptors (Lipinski definition) is 4. The normalized spacial score (nSPS) is 12.3. The van der Waals surface area contributed by atoms with Crippen molar-refractivity contribution in [3.05, 3.63) is 41.0 Å². The van der Waals surface area contributed by atoms with Crippen LogP contribution in [0.3, 0.4) is 0 Å². The molecule has 5 nitrogen and oxygen atoms in total. The van der Waals surface area contributed by atoms with Crippen molar-refractivity contribution in [2.45, 2.75) is 12.5 Å². The van der Waals surface area contributed by atoms with Crippen LogP contribution in [0.25, 0.3) is 10.9 Å². The minimum absolute atomic E-state index is 0.253. The molecule has 2 aromatic rings. The fourth-order valence-electron chi connectivity index (χ4n) is 1.94. The Morgan fingerprint density at radius 3 is 2.95 bits per heavy atom. The lowest BCUT2D eigenvalue weighted by atomic mass is 10.2. The summed E-state index contributed by atoms with van der Waals surface area (Å²) in [6, 6.07) is 8.84. The Morgan fingerprint density at radius 1 is 1.43 bits per heavy atom. The highest BCUT2D eigenvalue weighted by Crippen LogP contribution is 2.17. The highest BCUT2D eigenvalue weighted by molar-refractivity contribution is 6.31. The molecule has 0 saturated heterocycles. The number of ether oxygens (including phenoxy) is 1. The molecule has 21 heavy (non-hydrogen) atoms. The SMILES string of the molecule is COCC(O)CCNC(=O)c1ccc2ccc(Cl)cc2n1. The van der Waals surface area contributed by atoms with E-state index in [0.29, 0.717) is 29.2 Å². The van der Waals surface area contributed by atoms with E-state index in [1.807, 2.05) is 12.1 Å². The summed E-state index contributed by atoms with van der Waals surface area (Å²) in [5, 5.41) is 13.7. The molecule has 0 fully saturated rings. The third-order valence-electron chi connectivity index (χ3n) is 3.01. The molecular weight excluding hydrogens is 292 g/mol. The van der Waals surface area contributed by atoms with Gasteiger partial charge in [-0.2, -0.15) is 0 Å². The van der Waals surface area contributed by atoms with Gasteiger partial charge >= 0.3 is 0 Å². The van der Waals surface area contributed by atoms with E-state index in [1.165, 1.54) is 7.11 Å². The van der Waals surface area contributed by atoms with Crippen LogP contribution in [0.2, 0.25) is 5.02 Å². The van der Waals surface area contributed by atoms with E-state index in [2.05, 4.69) is 10.3 Å². The van der Waals surface area contributed by atoms with Crippen LogP contribution in [0, 0.1) is 0 Å². The zero-order valence-electron chi connectivity index (χ0n) is 11.7. The summed E-state index contributed by atoms with van der Waals surface area (Å²) in [7, 11) is 1.52. The maximum atomic E-state index is 12.0. The van der Waals surface area contributed by atoms with E-state index in [0.717, 1.165) is 5.39 Å². The van der Waals surface area contributed by atoms with Gasteiger partial charge < -0.3 is 15.2 Å². The molecule has 1 unspecified atom stereocenters. The van der Waals surface area contributed by atoms with Crippen molar-refractivity contribution in [3.8, 4) is 0 Å². The minimum atomic E-state index is -0.585. The zero-order valence-corrected chi connectivity index (χ0v) is 12.4. The Balaban J connectivity index is 1.99. The Bertz CT molecular complexity index is 633. The van der Waals surface area contributed by atoms with E-state index in [1.54, 1.807) is 18.2 Å². The molecule has 1 heterocycles. The second-order valence-corrected chi connectivity index (χ2v) is 5.12. The number of aliphatic hydroxyl groups is 1. The summed E-state index contributed by atoms with van der Waals surface area (Å²) >= 11 is 5.92. The van der Waals surface area contributed by atoms with Gasteiger partial charge in [-0.1, -0.05) is 23.7 Å². The van der Waals surface area contributed by atoms with Crippen molar-refractivity contribution in [1.29, 1.82) is 0 Å². The van der Waals surface area contributed by atoms with Gasteiger partial charge in [0.25, 0.3) is 5.91 Å². The lowest BCUT2D eigenvalue weighted by molar-refractivity contribution is 0.0587. The molecule has 0 aliphatic rings. The number of aliphatic hydroxyl groups excluding tert-OH is 1. The number of carbonyl (C=O) groups is 1. The Labute approximate surface area is 127 Å². The van der Waals surface area contributed by atoms with Gasteiger partial charge in [0, 0.05) is 24.1 Å².